The zero-order chi connectivity index (χ0) is 17.6. The molecule has 134 valence electrons. The molecule has 0 amide bonds. The predicted molar refractivity (Wildman–Crippen MR) is 100 cm³/mol. The van der Waals surface area contributed by atoms with Crippen molar-refractivity contribution >= 4 is 18.4 Å². The summed E-state index contributed by atoms with van der Waals surface area (Å²) in [6.45, 7) is 5.38. The van der Waals surface area contributed by atoms with Crippen LogP contribution in [-0.4, -0.2) is 34.3 Å². The van der Waals surface area contributed by atoms with Crippen LogP contribution in [0.25, 0.3) is 0 Å². The summed E-state index contributed by atoms with van der Waals surface area (Å²) >= 11 is 5.27. The highest BCUT2D eigenvalue weighted by atomic mass is 32.1. The van der Waals surface area contributed by atoms with Crippen LogP contribution < -0.4 is 9.47 Å². The Kier molecular flexibility index (Phi) is 5.86. The van der Waals surface area contributed by atoms with Crippen LogP contribution in [0, 0.1) is 4.77 Å². The number of nitrogens with zero attached hydrogens (tertiary/aromatic N) is 3. The summed E-state index contributed by atoms with van der Waals surface area (Å²) in [7, 11) is 0. The molecule has 0 spiro atoms. The summed E-state index contributed by atoms with van der Waals surface area (Å²) in [5, 5.41) is 11.6. The third kappa shape index (κ3) is 4.48. The Morgan fingerprint density at radius 1 is 1.32 bits per heavy atom. The quantitative estimate of drug-likeness (QED) is 0.412. The maximum Gasteiger partial charge on any atom is 0.216 e. The second kappa shape index (κ2) is 8.29. The van der Waals surface area contributed by atoms with Crippen LogP contribution in [-0.2, 0) is 0 Å². The van der Waals surface area contributed by atoms with E-state index in [0.717, 1.165) is 48.6 Å². The zero-order valence-electron chi connectivity index (χ0n) is 14.7. The summed E-state index contributed by atoms with van der Waals surface area (Å²) in [5.74, 6) is 2.89. The average Bonchev–Trinajstić information content (AvgIpc) is 3.39. The highest BCUT2D eigenvalue weighted by Gasteiger charge is 2.29. The van der Waals surface area contributed by atoms with Gasteiger partial charge < -0.3 is 9.47 Å². The fourth-order valence-corrected chi connectivity index (χ4v) is 2.65. The van der Waals surface area contributed by atoms with Crippen molar-refractivity contribution in [1.29, 1.82) is 0 Å². The molecule has 1 aliphatic carbocycles. The largest absolute Gasteiger partial charge is 0.490 e. The van der Waals surface area contributed by atoms with E-state index in [1.165, 1.54) is 0 Å². The van der Waals surface area contributed by atoms with Crippen LogP contribution in [0.4, 0.5) is 0 Å². The van der Waals surface area contributed by atoms with Crippen molar-refractivity contribution in [2.45, 2.75) is 45.4 Å². The third-order valence-electron chi connectivity index (χ3n) is 3.96. The molecule has 0 saturated heterocycles. The van der Waals surface area contributed by atoms with Crippen molar-refractivity contribution in [3.05, 3.63) is 34.4 Å². The molecule has 1 aromatic heterocycles. The smallest absolute Gasteiger partial charge is 0.216 e. The summed E-state index contributed by atoms with van der Waals surface area (Å²) in [6, 6.07) is 5.83. The van der Waals surface area contributed by atoms with Crippen molar-refractivity contribution in [3.63, 3.8) is 0 Å². The SMILES string of the molecule is CCCCOc1ccc(/C=N\n2c(C3CC3)n[nH]c2=S)cc1OCC. The molecule has 1 N–H and O–H groups in total. The summed E-state index contributed by atoms with van der Waals surface area (Å²) in [5.41, 5.74) is 0.927. The molecule has 0 radical (unpaired) electrons. The molecule has 1 saturated carbocycles. The van der Waals surface area contributed by atoms with Gasteiger partial charge in [0.15, 0.2) is 17.3 Å². The lowest BCUT2D eigenvalue weighted by Crippen LogP contribution is -2.02. The summed E-state index contributed by atoms with van der Waals surface area (Å²) in [4.78, 5) is 0. The van der Waals surface area contributed by atoms with E-state index >= 15 is 0 Å². The van der Waals surface area contributed by atoms with Gasteiger partial charge in [0, 0.05) is 5.92 Å². The van der Waals surface area contributed by atoms with Gasteiger partial charge in [0.05, 0.1) is 19.4 Å². The van der Waals surface area contributed by atoms with Gasteiger partial charge in [0.2, 0.25) is 4.77 Å². The van der Waals surface area contributed by atoms with Gasteiger partial charge in [-0.25, -0.2) is 0 Å². The Morgan fingerprint density at radius 2 is 2.16 bits per heavy atom. The number of aromatic nitrogens is 3. The van der Waals surface area contributed by atoms with Gasteiger partial charge in [-0.3, -0.25) is 5.10 Å². The zero-order valence-corrected chi connectivity index (χ0v) is 15.5. The number of H-pyrrole nitrogens is 1. The van der Waals surface area contributed by atoms with E-state index in [0.29, 0.717) is 23.9 Å². The molecule has 6 nitrogen and oxygen atoms in total. The van der Waals surface area contributed by atoms with Gasteiger partial charge in [-0.15, -0.1) is 0 Å². The Balaban J connectivity index is 1.79. The van der Waals surface area contributed by atoms with Gasteiger partial charge in [-0.05, 0) is 62.2 Å². The Hall–Kier alpha value is -2.15. The van der Waals surface area contributed by atoms with Crippen molar-refractivity contribution < 1.29 is 9.47 Å². The molecule has 1 aromatic carbocycles. The maximum atomic E-state index is 5.81. The summed E-state index contributed by atoms with van der Waals surface area (Å²) < 4.78 is 13.7. The molecule has 1 heterocycles. The van der Waals surface area contributed by atoms with E-state index in [4.69, 9.17) is 21.7 Å². The number of hydrogen-bond donors (Lipinski definition) is 1. The first-order chi connectivity index (χ1) is 12.2. The molecular weight excluding hydrogens is 336 g/mol. The average molecular weight is 360 g/mol. The van der Waals surface area contributed by atoms with E-state index < -0.39 is 0 Å². The fraction of sp³-hybridized carbons (Fsp3) is 0.500. The van der Waals surface area contributed by atoms with Gasteiger partial charge >= 0.3 is 0 Å². The number of hydrogen-bond acceptors (Lipinski definition) is 5. The molecule has 1 aliphatic rings. The second-order valence-corrected chi connectivity index (χ2v) is 6.45. The van der Waals surface area contributed by atoms with E-state index in [2.05, 4.69) is 22.2 Å². The topological polar surface area (TPSA) is 64.4 Å². The molecule has 7 heteroatoms. The van der Waals surface area contributed by atoms with Crippen LogP contribution in [0.5, 0.6) is 11.5 Å². The van der Waals surface area contributed by atoms with Gasteiger partial charge in [-0.2, -0.15) is 14.9 Å². The minimum Gasteiger partial charge on any atom is -0.490 e. The number of nitrogens with one attached hydrogen (secondary N) is 1. The first-order valence-electron chi connectivity index (χ1n) is 8.84. The highest BCUT2D eigenvalue weighted by Crippen LogP contribution is 2.38. The van der Waals surface area contributed by atoms with Crippen molar-refractivity contribution in [2.24, 2.45) is 5.10 Å². The van der Waals surface area contributed by atoms with Crippen LogP contribution >= 0.6 is 12.2 Å². The van der Waals surface area contributed by atoms with Crippen LogP contribution in [0.2, 0.25) is 0 Å². The molecule has 0 bridgehead atoms. The van der Waals surface area contributed by atoms with Gasteiger partial charge in [-0.1, -0.05) is 13.3 Å². The minimum absolute atomic E-state index is 0.471. The van der Waals surface area contributed by atoms with E-state index in [1.807, 2.05) is 25.1 Å². The maximum absolute atomic E-state index is 5.81. The molecule has 0 aliphatic heterocycles. The molecular formula is C18H24N4O2S. The molecule has 2 aromatic rings. The standard InChI is InChI=1S/C18H24N4O2S/c1-3-5-10-24-15-9-6-13(11-16(15)23-4-2)12-19-22-17(14-7-8-14)20-21-18(22)25/h6,9,11-12,14H,3-5,7-8,10H2,1-2H3,(H,21,25)/b19-12-. The van der Waals surface area contributed by atoms with E-state index in [9.17, 15) is 0 Å². The third-order valence-corrected chi connectivity index (χ3v) is 4.23. The highest BCUT2D eigenvalue weighted by molar-refractivity contribution is 7.71. The number of benzene rings is 1. The second-order valence-electron chi connectivity index (χ2n) is 6.06. The first kappa shape index (κ1) is 17.7. The molecule has 0 unspecified atom stereocenters. The summed E-state index contributed by atoms with van der Waals surface area (Å²) in [6.07, 6.45) is 6.19. The van der Waals surface area contributed by atoms with E-state index in [1.54, 1.807) is 10.9 Å². The lowest BCUT2D eigenvalue weighted by molar-refractivity contribution is 0.272. The van der Waals surface area contributed by atoms with Crippen LogP contribution in [0.1, 0.15) is 56.8 Å². The Bertz CT molecular complexity index is 793. The molecule has 1 fully saturated rings. The molecule has 3 rings (SSSR count). The molecule has 0 atom stereocenters. The number of ether oxygens (including phenoxy) is 2. The first-order valence-corrected chi connectivity index (χ1v) is 9.25. The number of rotatable bonds is 9. The lowest BCUT2D eigenvalue weighted by Gasteiger charge is -2.12. The fourth-order valence-electron chi connectivity index (χ4n) is 2.46. The van der Waals surface area contributed by atoms with Gasteiger partial charge in [0.1, 0.15) is 0 Å². The predicted octanol–water partition coefficient (Wildman–Crippen LogP) is 4.28. The number of unbranched alkanes of at least 4 members (excludes halogenated alkanes) is 1. The van der Waals surface area contributed by atoms with Crippen molar-refractivity contribution in [1.82, 2.24) is 14.9 Å². The van der Waals surface area contributed by atoms with Crippen molar-refractivity contribution in [3.8, 4) is 11.5 Å². The lowest BCUT2D eigenvalue weighted by atomic mass is 10.2. The minimum atomic E-state index is 0.471. The number of aromatic amines is 1. The monoisotopic (exact) mass is 360 g/mol. The van der Waals surface area contributed by atoms with E-state index in [-0.39, 0.29) is 0 Å². The molecule has 25 heavy (non-hydrogen) atoms. The van der Waals surface area contributed by atoms with Crippen LogP contribution in [0.15, 0.2) is 23.3 Å². The Morgan fingerprint density at radius 3 is 2.88 bits per heavy atom. The Labute approximate surface area is 152 Å². The normalized spacial score (nSPS) is 14.2. The van der Waals surface area contributed by atoms with Crippen LogP contribution in [0.3, 0.4) is 0 Å². The van der Waals surface area contributed by atoms with Gasteiger partial charge in [0.25, 0.3) is 0 Å². The van der Waals surface area contributed by atoms with Crippen molar-refractivity contribution in [2.75, 3.05) is 13.2 Å².